The van der Waals surface area contributed by atoms with Gasteiger partial charge in [0.1, 0.15) is 0 Å². The summed E-state index contributed by atoms with van der Waals surface area (Å²) in [6.45, 7) is 3.00. The first-order valence-corrected chi connectivity index (χ1v) is 5.02. The summed E-state index contributed by atoms with van der Waals surface area (Å²) in [5.74, 6) is -1.26. The van der Waals surface area contributed by atoms with Gasteiger partial charge >= 0.3 is 6.18 Å². The van der Waals surface area contributed by atoms with E-state index in [1.54, 1.807) is 13.0 Å². The van der Waals surface area contributed by atoms with Gasteiger partial charge in [-0.15, -0.1) is 0 Å². The minimum absolute atomic E-state index is 0.0446. The highest BCUT2D eigenvalue weighted by Crippen LogP contribution is 2.26. The molecule has 17 heavy (non-hydrogen) atoms. The van der Waals surface area contributed by atoms with Crippen molar-refractivity contribution in [1.29, 1.82) is 10.5 Å². The van der Waals surface area contributed by atoms with Crippen LogP contribution in [0.4, 0.5) is 13.2 Å². The van der Waals surface area contributed by atoms with Gasteiger partial charge in [-0.05, 0) is 13.8 Å². The van der Waals surface area contributed by atoms with Crippen LogP contribution in [0, 0.1) is 34.5 Å². The van der Waals surface area contributed by atoms with E-state index in [1.807, 2.05) is 6.07 Å². The molecule has 0 rings (SSSR count). The lowest BCUT2D eigenvalue weighted by molar-refractivity contribution is -0.139. The van der Waals surface area contributed by atoms with Crippen molar-refractivity contribution in [3.05, 3.63) is 0 Å². The first kappa shape index (κ1) is 15.4. The Bertz CT molecular complexity index is 337. The molecule has 0 N–H and O–H groups in total. The van der Waals surface area contributed by atoms with Gasteiger partial charge in [0.15, 0.2) is 0 Å². The topological polar surface area (TPSA) is 72.3 Å². The zero-order valence-corrected chi connectivity index (χ0v) is 9.57. The van der Waals surface area contributed by atoms with Gasteiger partial charge in [0, 0.05) is 0 Å². The summed E-state index contributed by atoms with van der Waals surface area (Å²) >= 11 is 0. The van der Waals surface area contributed by atoms with Gasteiger partial charge < -0.3 is 0 Å². The van der Waals surface area contributed by atoms with Crippen molar-refractivity contribution < 1.29 is 13.2 Å². The Kier molecular flexibility index (Phi) is 6.19. The van der Waals surface area contributed by atoms with Crippen LogP contribution in [0.5, 0.6) is 0 Å². The highest BCUT2D eigenvalue weighted by atomic mass is 19.4. The molecule has 0 fully saturated rings. The molecule has 0 saturated heterocycles. The third-order valence-electron chi connectivity index (χ3n) is 2.03. The maximum atomic E-state index is 12.2. The van der Waals surface area contributed by atoms with Crippen LogP contribution in [0.1, 0.15) is 20.3 Å². The van der Waals surface area contributed by atoms with Crippen molar-refractivity contribution in [3.8, 4) is 12.1 Å². The van der Waals surface area contributed by atoms with Crippen molar-refractivity contribution in [3.63, 3.8) is 0 Å². The van der Waals surface area contributed by atoms with Crippen molar-refractivity contribution >= 4 is 0 Å². The third-order valence-corrected chi connectivity index (χ3v) is 2.03. The van der Waals surface area contributed by atoms with Crippen molar-refractivity contribution in [1.82, 2.24) is 0 Å². The number of nitrogens with zero attached hydrogens (tertiary/aromatic N) is 4. The average Bonchev–Trinajstić information content (AvgIpc) is 2.24. The average molecular weight is 246 g/mol. The minimum Gasteiger partial charge on any atom is -0.198 e. The molecule has 3 atom stereocenters. The lowest BCUT2D eigenvalue weighted by Gasteiger charge is -2.15. The number of rotatable bonds is 5. The van der Waals surface area contributed by atoms with E-state index in [0.29, 0.717) is 0 Å². The van der Waals surface area contributed by atoms with Crippen molar-refractivity contribution in [2.45, 2.75) is 32.5 Å². The predicted molar refractivity (Wildman–Crippen MR) is 53.7 cm³/mol. The normalized spacial score (nSPS) is 17.1. The molecule has 3 unspecified atom stereocenters. The van der Waals surface area contributed by atoms with E-state index < -0.39 is 30.5 Å². The van der Waals surface area contributed by atoms with E-state index in [0.717, 1.165) is 0 Å². The van der Waals surface area contributed by atoms with E-state index in [2.05, 4.69) is 10.2 Å². The Hall–Kier alpha value is -1.63. The Labute approximate surface area is 97.8 Å². The Morgan fingerprint density at radius 3 is 2.18 bits per heavy atom. The molecule has 0 aromatic rings. The summed E-state index contributed by atoms with van der Waals surface area (Å²) in [5, 5.41) is 24.1. The lowest BCUT2D eigenvalue weighted by atomic mass is 10.0. The van der Waals surface area contributed by atoms with Crippen molar-refractivity contribution in [2.75, 3.05) is 6.54 Å². The molecule has 0 aromatic heterocycles. The molecule has 0 aliphatic heterocycles. The molecule has 0 radical (unpaired) electrons. The summed E-state index contributed by atoms with van der Waals surface area (Å²) in [6, 6.07) is 2.41. The molecule has 0 spiro atoms. The summed E-state index contributed by atoms with van der Waals surface area (Å²) in [7, 11) is 0. The van der Waals surface area contributed by atoms with Gasteiger partial charge in [0.25, 0.3) is 0 Å². The van der Waals surface area contributed by atoms with E-state index in [4.69, 9.17) is 10.5 Å². The fourth-order valence-corrected chi connectivity index (χ4v) is 0.956. The molecule has 0 aliphatic carbocycles. The van der Waals surface area contributed by atoms with Crippen LogP contribution in [0.3, 0.4) is 0 Å². The maximum absolute atomic E-state index is 12.2. The first-order valence-electron chi connectivity index (χ1n) is 5.02. The lowest BCUT2D eigenvalue weighted by Crippen LogP contribution is -2.23. The van der Waals surface area contributed by atoms with Gasteiger partial charge in [0.05, 0.1) is 43.0 Å². The highest BCUT2D eigenvalue weighted by Gasteiger charge is 2.34. The number of hydrogen-bond donors (Lipinski definition) is 0. The van der Waals surface area contributed by atoms with E-state index in [1.165, 1.54) is 6.92 Å². The Morgan fingerprint density at radius 2 is 1.76 bits per heavy atom. The van der Waals surface area contributed by atoms with Crippen LogP contribution < -0.4 is 0 Å². The quantitative estimate of drug-likeness (QED) is 0.699. The van der Waals surface area contributed by atoms with Gasteiger partial charge in [-0.2, -0.15) is 33.9 Å². The van der Waals surface area contributed by atoms with Crippen LogP contribution in [0.25, 0.3) is 0 Å². The standard InChI is InChI=1S/C10H13F3N4/c1-7(4-14)6-16-17-9(8(2)5-15)3-10(11,12)13/h7-9H,3,6H2,1-2H3. The summed E-state index contributed by atoms with van der Waals surface area (Å²) in [4.78, 5) is 0. The molecule has 0 aliphatic rings. The third kappa shape index (κ3) is 7.29. The SMILES string of the molecule is CC(C#N)CN=NC(CC(F)(F)F)C(C)C#N. The Morgan fingerprint density at radius 1 is 1.18 bits per heavy atom. The van der Waals surface area contributed by atoms with Crippen LogP contribution in [-0.4, -0.2) is 18.8 Å². The molecular formula is C10H13F3N4. The summed E-state index contributed by atoms with van der Waals surface area (Å²) in [6.07, 6.45) is -5.55. The van der Waals surface area contributed by atoms with E-state index in [-0.39, 0.29) is 6.54 Å². The second-order valence-electron chi connectivity index (χ2n) is 3.77. The molecular weight excluding hydrogens is 233 g/mol. The number of nitriles is 2. The summed E-state index contributed by atoms with van der Waals surface area (Å²) < 4.78 is 36.6. The number of halogens is 3. The fraction of sp³-hybridized carbons (Fsp3) is 0.800. The largest absolute Gasteiger partial charge is 0.391 e. The smallest absolute Gasteiger partial charge is 0.198 e. The van der Waals surface area contributed by atoms with E-state index in [9.17, 15) is 13.2 Å². The Balaban J connectivity index is 4.52. The molecule has 0 heterocycles. The molecule has 0 amide bonds. The van der Waals surface area contributed by atoms with Crippen molar-refractivity contribution in [2.24, 2.45) is 22.1 Å². The van der Waals surface area contributed by atoms with Gasteiger partial charge in [-0.25, -0.2) is 0 Å². The predicted octanol–water partition coefficient (Wildman–Crippen LogP) is 3.08. The second-order valence-corrected chi connectivity index (χ2v) is 3.77. The van der Waals surface area contributed by atoms with Crippen LogP contribution in [0.15, 0.2) is 10.2 Å². The maximum Gasteiger partial charge on any atom is 0.391 e. The summed E-state index contributed by atoms with van der Waals surface area (Å²) in [5.41, 5.74) is 0. The zero-order valence-electron chi connectivity index (χ0n) is 9.57. The number of alkyl halides is 3. The van der Waals surface area contributed by atoms with Crippen LogP contribution >= 0.6 is 0 Å². The highest BCUT2D eigenvalue weighted by molar-refractivity contribution is 4.90. The molecule has 4 nitrogen and oxygen atoms in total. The minimum atomic E-state index is -4.38. The zero-order chi connectivity index (χ0) is 13.5. The number of azo groups is 1. The fourth-order valence-electron chi connectivity index (χ4n) is 0.956. The molecule has 0 saturated carbocycles. The van der Waals surface area contributed by atoms with Crippen LogP contribution in [0.2, 0.25) is 0 Å². The van der Waals surface area contributed by atoms with Gasteiger partial charge in [-0.3, -0.25) is 0 Å². The van der Waals surface area contributed by atoms with Gasteiger partial charge in [-0.1, -0.05) is 0 Å². The molecule has 0 bridgehead atoms. The van der Waals surface area contributed by atoms with E-state index >= 15 is 0 Å². The monoisotopic (exact) mass is 246 g/mol. The second kappa shape index (κ2) is 6.85. The molecule has 7 heteroatoms. The number of hydrogen-bond acceptors (Lipinski definition) is 4. The molecule has 0 aromatic carbocycles. The molecule has 94 valence electrons. The van der Waals surface area contributed by atoms with Crippen LogP contribution in [-0.2, 0) is 0 Å². The van der Waals surface area contributed by atoms with Gasteiger partial charge in [0.2, 0.25) is 0 Å². The first-order chi connectivity index (χ1) is 7.80.